The molecule has 0 saturated carbocycles. The van der Waals surface area contributed by atoms with Crippen molar-refractivity contribution < 1.29 is 19.1 Å². The zero-order chi connectivity index (χ0) is 22.1. The van der Waals surface area contributed by atoms with Gasteiger partial charge < -0.3 is 10.1 Å². The van der Waals surface area contributed by atoms with E-state index in [1.54, 1.807) is 30.3 Å². The molecule has 2 aromatic rings. The van der Waals surface area contributed by atoms with Gasteiger partial charge in [-0.3, -0.25) is 25.2 Å². The van der Waals surface area contributed by atoms with Gasteiger partial charge in [0.15, 0.2) is 6.10 Å². The molecular formula is C23H29N3O4. The normalized spacial score (nSPS) is 11.5. The summed E-state index contributed by atoms with van der Waals surface area (Å²) in [7, 11) is 0. The molecule has 0 aliphatic heterocycles. The van der Waals surface area contributed by atoms with Gasteiger partial charge in [-0.2, -0.15) is 0 Å². The number of hydrogen-bond donors (Lipinski definition) is 3. The summed E-state index contributed by atoms with van der Waals surface area (Å²) in [5.74, 6) is -0.119. The summed E-state index contributed by atoms with van der Waals surface area (Å²) in [4.78, 5) is 36.5. The molecule has 0 aromatic heterocycles. The zero-order valence-electron chi connectivity index (χ0n) is 17.8. The first-order valence-electron chi connectivity index (χ1n) is 10.0. The SMILES string of the molecule is CCC(Oc1cccc(C)c1)C(=O)NNC(=O)c1ccc(NC(=O)CC(C)C)cc1. The molecule has 0 saturated heterocycles. The second-order valence-corrected chi connectivity index (χ2v) is 7.50. The van der Waals surface area contributed by atoms with Gasteiger partial charge >= 0.3 is 0 Å². The molecule has 160 valence electrons. The molecule has 0 fully saturated rings. The lowest BCUT2D eigenvalue weighted by atomic mass is 10.1. The molecule has 2 aromatic carbocycles. The number of rotatable bonds is 8. The fraction of sp³-hybridized carbons (Fsp3) is 0.348. The Morgan fingerprint density at radius 1 is 1.00 bits per heavy atom. The molecule has 0 spiro atoms. The first kappa shape index (κ1) is 22.9. The average Bonchev–Trinajstić information content (AvgIpc) is 2.70. The Balaban J connectivity index is 1.87. The molecule has 3 N–H and O–H groups in total. The Bertz CT molecular complexity index is 878. The first-order chi connectivity index (χ1) is 14.3. The van der Waals surface area contributed by atoms with Crippen LogP contribution in [-0.4, -0.2) is 23.8 Å². The number of ether oxygens (including phenoxy) is 1. The molecule has 1 unspecified atom stereocenters. The highest BCUT2D eigenvalue weighted by atomic mass is 16.5. The molecule has 3 amide bonds. The fourth-order valence-electron chi connectivity index (χ4n) is 2.73. The van der Waals surface area contributed by atoms with Gasteiger partial charge in [-0.15, -0.1) is 0 Å². The highest BCUT2D eigenvalue weighted by Gasteiger charge is 2.19. The molecule has 7 nitrogen and oxygen atoms in total. The molecule has 7 heteroatoms. The predicted octanol–water partition coefficient (Wildman–Crippen LogP) is 3.60. The van der Waals surface area contributed by atoms with E-state index in [1.807, 2.05) is 45.9 Å². The number of aryl methyl sites for hydroxylation is 1. The van der Waals surface area contributed by atoms with Crippen molar-refractivity contribution in [3.63, 3.8) is 0 Å². The van der Waals surface area contributed by atoms with E-state index in [9.17, 15) is 14.4 Å². The van der Waals surface area contributed by atoms with Crippen LogP contribution >= 0.6 is 0 Å². The standard InChI is InChI=1S/C23H29N3O4/c1-5-20(30-19-8-6-7-16(4)14-19)23(29)26-25-22(28)17-9-11-18(12-10-17)24-21(27)13-15(2)3/h6-12,14-15,20H,5,13H2,1-4H3,(H,24,27)(H,25,28)(H,26,29). The van der Waals surface area contributed by atoms with E-state index in [0.29, 0.717) is 29.8 Å². The van der Waals surface area contributed by atoms with Crippen molar-refractivity contribution in [2.24, 2.45) is 5.92 Å². The molecule has 0 bridgehead atoms. The van der Waals surface area contributed by atoms with Gasteiger partial charge in [0.05, 0.1) is 0 Å². The van der Waals surface area contributed by atoms with Crippen molar-refractivity contribution in [1.82, 2.24) is 10.9 Å². The third-order valence-corrected chi connectivity index (χ3v) is 4.25. The summed E-state index contributed by atoms with van der Waals surface area (Å²) in [6, 6.07) is 13.9. The molecule has 2 rings (SSSR count). The van der Waals surface area contributed by atoms with Crippen molar-refractivity contribution in [2.75, 3.05) is 5.32 Å². The van der Waals surface area contributed by atoms with Gasteiger partial charge in [0.25, 0.3) is 11.8 Å². The van der Waals surface area contributed by atoms with Crippen LogP contribution in [0.3, 0.4) is 0 Å². The van der Waals surface area contributed by atoms with Crippen LogP contribution in [-0.2, 0) is 9.59 Å². The van der Waals surface area contributed by atoms with Crippen molar-refractivity contribution in [3.05, 3.63) is 59.7 Å². The largest absolute Gasteiger partial charge is 0.481 e. The fourth-order valence-corrected chi connectivity index (χ4v) is 2.73. The summed E-state index contributed by atoms with van der Waals surface area (Å²) >= 11 is 0. The van der Waals surface area contributed by atoms with E-state index >= 15 is 0 Å². The van der Waals surface area contributed by atoms with E-state index in [-0.39, 0.29) is 11.8 Å². The first-order valence-corrected chi connectivity index (χ1v) is 10.0. The quantitative estimate of drug-likeness (QED) is 0.578. The van der Waals surface area contributed by atoms with Crippen molar-refractivity contribution in [3.8, 4) is 5.75 Å². The minimum atomic E-state index is -0.731. The lowest BCUT2D eigenvalue weighted by molar-refractivity contribution is -0.128. The maximum absolute atomic E-state index is 12.4. The Kier molecular flexibility index (Phi) is 8.41. The monoisotopic (exact) mass is 411 g/mol. The number of hydrazine groups is 1. The minimum absolute atomic E-state index is 0.0753. The van der Waals surface area contributed by atoms with E-state index in [4.69, 9.17) is 4.74 Å². The second-order valence-electron chi connectivity index (χ2n) is 7.50. The highest BCUT2D eigenvalue weighted by molar-refractivity contribution is 5.97. The molecule has 30 heavy (non-hydrogen) atoms. The third kappa shape index (κ3) is 7.24. The number of carbonyl (C=O) groups is 3. The van der Waals surface area contributed by atoms with Gasteiger partial charge in [0, 0.05) is 17.7 Å². The second kappa shape index (κ2) is 11.0. The third-order valence-electron chi connectivity index (χ3n) is 4.25. The van der Waals surface area contributed by atoms with Crippen molar-refractivity contribution >= 4 is 23.4 Å². The topological polar surface area (TPSA) is 96.5 Å². The van der Waals surface area contributed by atoms with Gasteiger partial charge in [-0.05, 0) is 61.2 Å². The molecule has 0 heterocycles. The van der Waals surface area contributed by atoms with E-state index in [0.717, 1.165) is 5.56 Å². The maximum atomic E-state index is 12.4. The van der Waals surface area contributed by atoms with E-state index < -0.39 is 17.9 Å². The molecular weight excluding hydrogens is 382 g/mol. The maximum Gasteiger partial charge on any atom is 0.279 e. The number of hydrogen-bond acceptors (Lipinski definition) is 4. The van der Waals surface area contributed by atoms with Crippen LogP contribution in [0.1, 0.15) is 49.5 Å². The number of carbonyl (C=O) groups excluding carboxylic acids is 3. The summed E-state index contributed by atoms with van der Waals surface area (Å²) in [5, 5.41) is 2.78. The zero-order valence-corrected chi connectivity index (χ0v) is 17.8. The number of nitrogens with one attached hydrogen (secondary N) is 3. The molecule has 0 aliphatic rings. The van der Waals surface area contributed by atoms with Crippen LogP contribution < -0.4 is 20.9 Å². The highest BCUT2D eigenvalue weighted by Crippen LogP contribution is 2.15. The Morgan fingerprint density at radius 3 is 2.30 bits per heavy atom. The van der Waals surface area contributed by atoms with Crippen LogP contribution in [0.15, 0.2) is 48.5 Å². The van der Waals surface area contributed by atoms with Gasteiger partial charge in [-0.1, -0.05) is 32.9 Å². The lowest BCUT2D eigenvalue weighted by Gasteiger charge is -2.18. The Morgan fingerprint density at radius 2 is 1.70 bits per heavy atom. The van der Waals surface area contributed by atoms with Gasteiger partial charge in [0.1, 0.15) is 5.75 Å². The number of anilines is 1. The predicted molar refractivity (Wildman–Crippen MR) is 116 cm³/mol. The van der Waals surface area contributed by atoms with Gasteiger partial charge in [-0.25, -0.2) is 0 Å². The van der Waals surface area contributed by atoms with Gasteiger partial charge in [0.2, 0.25) is 5.91 Å². The van der Waals surface area contributed by atoms with E-state index in [1.165, 1.54) is 0 Å². The number of benzene rings is 2. The minimum Gasteiger partial charge on any atom is -0.481 e. The summed E-state index contributed by atoms with van der Waals surface area (Å²) in [5.41, 5.74) is 6.78. The molecule has 0 radical (unpaired) electrons. The lowest BCUT2D eigenvalue weighted by Crippen LogP contribution is -2.47. The van der Waals surface area contributed by atoms with Crippen LogP contribution in [0.2, 0.25) is 0 Å². The van der Waals surface area contributed by atoms with Crippen LogP contribution in [0.5, 0.6) is 5.75 Å². The average molecular weight is 412 g/mol. The van der Waals surface area contributed by atoms with Crippen LogP contribution in [0.4, 0.5) is 5.69 Å². The summed E-state index contributed by atoms with van der Waals surface area (Å²) < 4.78 is 5.72. The smallest absolute Gasteiger partial charge is 0.279 e. The van der Waals surface area contributed by atoms with E-state index in [2.05, 4.69) is 16.2 Å². The summed E-state index contributed by atoms with van der Waals surface area (Å²) in [6.07, 6.45) is 0.142. The summed E-state index contributed by atoms with van der Waals surface area (Å²) in [6.45, 7) is 7.70. The van der Waals surface area contributed by atoms with Crippen LogP contribution in [0, 0.1) is 12.8 Å². The molecule has 0 aliphatic carbocycles. The molecule has 1 atom stereocenters. The Hall–Kier alpha value is -3.35. The number of amides is 3. The van der Waals surface area contributed by atoms with Crippen molar-refractivity contribution in [1.29, 1.82) is 0 Å². The van der Waals surface area contributed by atoms with Crippen LogP contribution in [0.25, 0.3) is 0 Å². The Labute approximate surface area is 177 Å². The van der Waals surface area contributed by atoms with Crippen molar-refractivity contribution in [2.45, 2.75) is 46.6 Å².